The monoisotopic (exact) mass is 178 g/mol. The van der Waals surface area contributed by atoms with Crippen molar-refractivity contribution in [2.45, 2.75) is 38.5 Å². The van der Waals surface area contributed by atoms with Gasteiger partial charge in [0, 0.05) is 7.11 Å². The van der Waals surface area contributed by atoms with Crippen LogP contribution in [0.4, 0.5) is 0 Å². The van der Waals surface area contributed by atoms with Gasteiger partial charge in [-0.25, -0.2) is 0 Å². The van der Waals surface area contributed by atoms with Crippen LogP contribution in [-0.4, -0.2) is 19.1 Å². The Labute approximate surface area is 75.1 Å². The van der Waals surface area contributed by atoms with Crippen LogP contribution in [0.3, 0.4) is 0 Å². The van der Waals surface area contributed by atoms with E-state index in [0.29, 0.717) is 6.61 Å². The number of halogens is 1. The van der Waals surface area contributed by atoms with Crippen molar-refractivity contribution >= 4 is 11.6 Å². The smallest absolute Gasteiger partial charge is 0.0626 e. The lowest BCUT2D eigenvalue weighted by Crippen LogP contribution is -2.08. The molecule has 0 aliphatic rings. The highest BCUT2D eigenvalue weighted by Gasteiger charge is 2.05. The van der Waals surface area contributed by atoms with E-state index in [1.807, 2.05) is 0 Å². The van der Waals surface area contributed by atoms with Gasteiger partial charge in [-0.3, -0.25) is 0 Å². The Morgan fingerprint density at radius 3 is 2.45 bits per heavy atom. The molecule has 0 aliphatic heterocycles. The van der Waals surface area contributed by atoms with Crippen LogP contribution in [-0.2, 0) is 4.74 Å². The number of hydrogen-bond donors (Lipinski definition) is 0. The van der Waals surface area contributed by atoms with Gasteiger partial charge in [-0.15, -0.1) is 11.6 Å². The second-order valence-electron chi connectivity index (χ2n) is 3.14. The maximum atomic E-state index is 5.96. The maximum absolute atomic E-state index is 5.96. The summed E-state index contributed by atoms with van der Waals surface area (Å²) in [5, 5.41) is 0.203. The lowest BCUT2D eigenvalue weighted by Gasteiger charge is -2.11. The molecule has 1 nitrogen and oxygen atoms in total. The van der Waals surface area contributed by atoms with Gasteiger partial charge in [0.25, 0.3) is 0 Å². The molecule has 0 fully saturated rings. The van der Waals surface area contributed by atoms with Gasteiger partial charge in [0.15, 0.2) is 0 Å². The molecule has 11 heavy (non-hydrogen) atoms. The van der Waals surface area contributed by atoms with E-state index in [-0.39, 0.29) is 5.38 Å². The Bertz CT molecular complexity index is 85.6. The molecule has 2 unspecified atom stereocenters. The molecule has 0 spiro atoms. The zero-order valence-corrected chi connectivity index (χ0v) is 8.53. The number of hydrogen-bond acceptors (Lipinski definition) is 1. The van der Waals surface area contributed by atoms with Crippen molar-refractivity contribution in [3.63, 3.8) is 0 Å². The third kappa shape index (κ3) is 6.64. The Morgan fingerprint density at radius 1 is 1.36 bits per heavy atom. The van der Waals surface area contributed by atoms with Gasteiger partial charge in [0.2, 0.25) is 0 Å². The lowest BCUT2D eigenvalue weighted by molar-refractivity contribution is 0.193. The number of alkyl halides is 1. The van der Waals surface area contributed by atoms with Gasteiger partial charge in [0.1, 0.15) is 0 Å². The quantitative estimate of drug-likeness (QED) is 0.568. The Morgan fingerprint density at radius 2 is 2.00 bits per heavy atom. The normalized spacial score (nSPS) is 16.4. The Balaban J connectivity index is 3.22. The van der Waals surface area contributed by atoms with Crippen LogP contribution >= 0.6 is 11.6 Å². The van der Waals surface area contributed by atoms with Crippen molar-refractivity contribution in [3.8, 4) is 0 Å². The summed E-state index contributed by atoms with van der Waals surface area (Å²) in [6.45, 7) is 5.15. The van der Waals surface area contributed by atoms with Gasteiger partial charge < -0.3 is 4.74 Å². The minimum atomic E-state index is 0.203. The summed E-state index contributed by atoms with van der Waals surface area (Å²) in [5.41, 5.74) is 0. The van der Waals surface area contributed by atoms with E-state index < -0.39 is 0 Å². The average molecular weight is 179 g/mol. The molecule has 0 bridgehead atoms. The zero-order chi connectivity index (χ0) is 8.69. The third-order valence-corrected chi connectivity index (χ3v) is 2.36. The molecule has 0 saturated heterocycles. The first-order valence-corrected chi connectivity index (χ1v) is 4.77. The molecular weight excluding hydrogens is 160 g/mol. The molecule has 68 valence electrons. The molecule has 0 aromatic rings. The standard InChI is InChI=1S/C9H19ClO/c1-4-8(2)5-6-9(10)7-11-3/h8-9H,4-7H2,1-3H3. The molecule has 2 heteroatoms. The van der Waals surface area contributed by atoms with Crippen LogP contribution in [0.2, 0.25) is 0 Å². The topological polar surface area (TPSA) is 9.23 Å². The maximum Gasteiger partial charge on any atom is 0.0626 e. The van der Waals surface area contributed by atoms with E-state index in [1.165, 1.54) is 12.8 Å². The molecule has 0 saturated carbocycles. The van der Waals surface area contributed by atoms with E-state index in [1.54, 1.807) is 7.11 Å². The fourth-order valence-electron chi connectivity index (χ4n) is 0.934. The second kappa shape index (κ2) is 6.93. The summed E-state index contributed by atoms with van der Waals surface area (Å²) < 4.78 is 4.94. The predicted octanol–water partition coefficient (Wildman–Crippen LogP) is 3.07. The van der Waals surface area contributed by atoms with Crippen LogP contribution in [0.25, 0.3) is 0 Å². The van der Waals surface area contributed by atoms with Crippen LogP contribution in [0, 0.1) is 5.92 Å². The van der Waals surface area contributed by atoms with Gasteiger partial charge in [-0.05, 0) is 18.8 Å². The van der Waals surface area contributed by atoms with E-state index in [2.05, 4.69) is 13.8 Å². The van der Waals surface area contributed by atoms with Crippen LogP contribution < -0.4 is 0 Å². The van der Waals surface area contributed by atoms with Gasteiger partial charge in [-0.2, -0.15) is 0 Å². The summed E-state index contributed by atoms with van der Waals surface area (Å²) in [4.78, 5) is 0. The van der Waals surface area contributed by atoms with E-state index in [9.17, 15) is 0 Å². The largest absolute Gasteiger partial charge is 0.383 e. The molecular formula is C9H19ClO. The van der Waals surface area contributed by atoms with E-state index in [4.69, 9.17) is 16.3 Å². The van der Waals surface area contributed by atoms with Crippen molar-refractivity contribution in [1.82, 2.24) is 0 Å². The second-order valence-corrected chi connectivity index (χ2v) is 3.76. The third-order valence-electron chi connectivity index (χ3n) is 2.02. The highest BCUT2D eigenvalue weighted by atomic mass is 35.5. The molecule has 0 aromatic carbocycles. The summed E-state index contributed by atoms with van der Waals surface area (Å²) in [6, 6.07) is 0. The summed E-state index contributed by atoms with van der Waals surface area (Å²) >= 11 is 5.96. The molecule has 0 amide bonds. The van der Waals surface area contributed by atoms with Gasteiger partial charge >= 0.3 is 0 Å². The Kier molecular flexibility index (Phi) is 7.09. The van der Waals surface area contributed by atoms with Gasteiger partial charge in [0.05, 0.1) is 12.0 Å². The molecule has 0 aromatic heterocycles. The molecule has 0 heterocycles. The average Bonchev–Trinajstić information content (AvgIpc) is 2.01. The van der Waals surface area contributed by atoms with Gasteiger partial charge in [-0.1, -0.05) is 20.3 Å². The SMILES string of the molecule is CCC(C)CCC(Cl)COC. The Hall–Kier alpha value is 0.250. The fourth-order valence-corrected chi connectivity index (χ4v) is 1.19. The summed E-state index contributed by atoms with van der Waals surface area (Å²) in [5.74, 6) is 0.799. The lowest BCUT2D eigenvalue weighted by atomic mass is 10.0. The zero-order valence-electron chi connectivity index (χ0n) is 7.77. The van der Waals surface area contributed by atoms with Crippen LogP contribution in [0.15, 0.2) is 0 Å². The van der Waals surface area contributed by atoms with Crippen molar-refractivity contribution in [2.75, 3.05) is 13.7 Å². The minimum Gasteiger partial charge on any atom is -0.383 e. The first kappa shape index (κ1) is 11.2. The minimum absolute atomic E-state index is 0.203. The number of methoxy groups -OCH3 is 1. The molecule has 0 rings (SSSR count). The van der Waals surface area contributed by atoms with Crippen molar-refractivity contribution in [1.29, 1.82) is 0 Å². The highest BCUT2D eigenvalue weighted by molar-refractivity contribution is 6.20. The fraction of sp³-hybridized carbons (Fsp3) is 1.00. The first-order valence-electron chi connectivity index (χ1n) is 4.33. The molecule has 0 aliphatic carbocycles. The van der Waals surface area contributed by atoms with Crippen molar-refractivity contribution in [3.05, 3.63) is 0 Å². The number of rotatable bonds is 6. The van der Waals surface area contributed by atoms with Crippen molar-refractivity contribution < 1.29 is 4.74 Å². The summed E-state index contributed by atoms with van der Waals surface area (Å²) in [6.07, 6.45) is 3.54. The molecule has 0 radical (unpaired) electrons. The van der Waals surface area contributed by atoms with Crippen LogP contribution in [0.1, 0.15) is 33.1 Å². The van der Waals surface area contributed by atoms with Crippen molar-refractivity contribution in [2.24, 2.45) is 5.92 Å². The van der Waals surface area contributed by atoms with E-state index in [0.717, 1.165) is 12.3 Å². The molecule has 0 N–H and O–H groups in total. The predicted molar refractivity (Wildman–Crippen MR) is 50.2 cm³/mol. The summed E-state index contributed by atoms with van der Waals surface area (Å²) in [7, 11) is 1.69. The highest BCUT2D eigenvalue weighted by Crippen LogP contribution is 2.14. The number of ether oxygens (including phenoxy) is 1. The van der Waals surface area contributed by atoms with Crippen LogP contribution in [0.5, 0.6) is 0 Å². The first-order chi connectivity index (χ1) is 5.20. The molecule has 2 atom stereocenters. The van der Waals surface area contributed by atoms with E-state index >= 15 is 0 Å².